The molecule has 6 heteroatoms. The van der Waals surface area contributed by atoms with Crippen molar-refractivity contribution in [3.63, 3.8) is 0 Å². The third kappa shape index (κ3) is 5.44. The normalized spacial score (nSPS) is 19.3. The lowest BCUT2D eigenvalue weighted by Crippen LogP contribution is -2.52. The number of halogens is 2. The number of hydrogen-bond donors (Lipinski definition) is 1. The van der Waals surface area contributed by atoms with Crippen molar-refractivity contribution in [2.45, 2.75) is 31.8 Å². The molecule has 1 fully saturated rings. The van der Waals surface area contributed by atoms with Gasteiger partial charge in [0.1, 0.15) is 12.8 Å². The van der Waals surface area contributed by atoms with E-state index in [0.717, 1.165) is 11.1 Å². The number of ether oxygens (including phenoxy) is 1. The molecule has 0 aromatic heterocycles. The Morgan fingerprint density at radius 2 is 1.69 bits per heavy atom. The molecule has 1 aliphatic rings. The van der Waals surface area contributed by atoms with Crippen LogP contribution in [0.3, 0.4) is 0 Å². The van der Waals surface area contributed by atoms with Crippen LogP contribution in [0.15, 0.2) is 60.7 Å². The van der Waals surface area contributed by atoms with E-state index in [2.05, 4.69) is 5.32 Å². The van der Waals surface area contributed by atoms with Crippen LogP contribution >= 0.6 is 12.4 Å². The van der Waals surface area contributed by atoms with Gasteiger partial charge in [-0.15, -0.1) is 12.4 Å². The Bertz CT molecular complexity index is 672. The fourth-order valence-corrected chi connectivity index (χ4v) is 3.06. The molecule has 1 amide bonds. The lowest BCUT2D eigenvalue weighted by atomic mass is 10.0. The van der Waals surface area contributed by atoms with E-state index in [-0.39, 0.29) is 25.6 Å². The Labute approximate surface area is 159 Å². The lowest BCUT2D eigenvalue weighted by Gasteiger charge is -2.36. The van der Waals surface area contributed by atoms with Gasteiger partial charge in [0.25, 0.3) is 0 Å². The van der Waals surface area contributed by atoms with Gasteiger partial charge in [-0.1, -0.05) is 60.7 Å². The van der Waals surface area contributed by atoms with E-state index in [1.807, 2.05) is 60.7 Å². The number of benzene rings is 2. The van der Waals surface area contributed by atoms with Gasteiger partial charge in [0, 0.05) is 13.1 Å². The van der Waals surface area contributed by atoms with Crippen molar-refractivity contribution in [3.05, 3.63) is 71.8 Å². The van der Waals surface area contributed by atoms with Crippen LogP contribution in [0, 0.1) is 0 Å². The summed E-state index contributed by atoms with van der Waals surface area (Å²) in [7, 11) is 0. The fourth-order valence-electron chi connectivity index (χ4n) is 3.06. The van der Waals surface area contributed by atoms with Crippen LogP contribution in [0.25, 0.3) is 0 Å². The minimum Gasteiger partial charge on any atom is -0.445 e. The zero-order chi connectivity index (χ0) is 17.5. The van der Waals surface area contributed by atoms with E-state index in [0.29, 0.717) is 19.5 Å². The summed E-state index contributed by atoms with van der Waals surface area (Å²) in [5, 5.41) is 3.03. The Morgan fingerprint density at radius 3 is 2.31 bits per heavy atom. The maximum Gasteiger partial charge on any atom is 0.410 e. The molecule has 0 spiro atoms. The van der Waals surface area contributed by atoms with Crippen LogP contribution in [-0.2, 0) is 17.9 Å². The van der Waals surface area contributed by atoms with Gasteiger partial charge in [0.2, 0.25) is 0 Å². The smallest absolute Gasteiger partial charge is 0.410 e. The average molecular weight is 379 g/mol. The molecule has 1 saturated heterocycles. The maximum atomic E-state index is 14.4. The van der Waals surface area contributed by atoms with Gasteiger partial charge in [-0.25, -0.2) is 9.18 Å². The number of alkyl halides is 1. The van der Waals surface area contributed by atoms with Crippen LogP contribution < -0.4 is 5.32 Å². The number of nitrogens with one attached hydrogen (secondary N) is 1. The van der Waals surface area contributed by atoms with Crippen LogP contribution in [0.1, 0.15) is 17.5 Å². The number of carbonyl (C=O) groups excluding carboxylic acids is 1. The number of carbonyl (C=O) groups is 1. The van der Waals surface area contributed by atoms with Gasteiger partial charge in [0.15, 0.2) is 0 Å². The third-order valence-electron chi connectivity index (χ3n) is 4.41. The topological polar surface area (TPSA) is 41.6 Å². The Hall–Kier alpha value is -2.11. The van der Waals surface area contributed by atoms with Gasteiger partial charge in [-0.05, 0) is 24.1 Å². The Balaban J connectivity index is 0.00000243. The molecule has 2 atom stereocenters. The first kappa shape index (κ1) is 20.2. The third-order valence-corrected chi connectivity index (χ3v) is 4.41. The minimum absolute atomic E-state index is 0. The van der Waals surface area contributed by atoms with E-state index >= 15 is 0 Å². The van der Waals surface area contributed by atoms with E-state index in [4.69, 9.17) is 4.74 Å². The molecule has 0 aliphatic carbocycles. The molecule has 3 rings (SSSR count). The predicted molar refractivity (Wildman–Crippen MR) is 102 cm³/mol. The first-order valence-electron chi connectivity index (χ1n) is 8.60. The van der Waals surface area contributed by atoms with E-state index in [9.17, 15) is 9.18 Å². The van der Waals surface area contributed by atoms with E-state index in [1.54, 1.807) is 0 Å². The molecular formula is C20H24ClFN2O2. The molecule has 1 heterocycles. The molecule has 0 saturated carbocycles. The molecule has 0 radical (unpaired) electrons. The molecule has 1 N–H and O–H groups in total. The highest BCUT2D eigenvalue weighted by Gasteiger charge is 2.34. The SMILES string of the molecule is Cl.O=C(OCc1ccccc1)N(Cc1ccccc1)[C@@H]1CCNC[C@H]1F. The molecule has 1 aliphatic heterocycles. The quantitative estimate of drug-likeness (QED) is 0.856. The minimum atomic E-state index is -1.10. The summed E-state index contributed by atoms with van der Waals surface area (Å²) >= 11 is 0. The molecule has 140 valence electrons. The first-order chi connectivity index (χ1) is 12.2. The number of hydrogen-bond acceptors (Lipinski definition) is 3. The molecular weight excluding hydrogens is 355 g/mol. The number of piperidine rings is 1. The summed E-state index contributed by atoms with van der Waals surface area (Å²) < 4.78 is 19.9. The molecule has 26 heavy (non-hydrogen) atoms. The summed E-state index contributed by atoms with van der Waals surface area (Å²) in [5.41, 5.74) is 1.88. The summed E-state index contributed by atoms with van der Waals surface area (Å²) in [6.45, 7) is 1.50. The number of nitrogens with zero attached hydrogens (tertiary/aromatic N) is 1. The summed E-state index contributed by atoms with van der Waals surface area (Å²) in [4.78, 5) is 14.2. The van der Waals surface area contributed by atoms with Crippen molar-refractivity contribution in [1.29, 1.82) is 0 Å². The van der Waals surface area contributed by atoms with Gasteiger partial charge >= 0.3 is 6.09 Å². The highest BCUT2D eigenvalue weighted by atomic mass is 35.5. The van der Waals surface area contributed by atoms with Crippen molar-refractivity contribution in [3.8, 4) is 0 Å². The fraction of sp³-hybridized carbons (Fsp3) is 0.350. The zero-order valence-electron chi connectivity index (χ0n) is 14.5. The Morgan fingerprint density at radius 1 is 1.08 bits per heavy atom. The van der Waals surface area contributed by atoms with Gasteiger partial charge in [-0.3, -0.25) is 4.90 Å². The first-order valence-corrected chi connectivity index (χ1v) is 8.60. The van der Waals surface area contributed by atoms with Crippen molar-refractivity contribution in [2.24, 2.45) is 0 Å². The van der Waals surface area contributed by atoms with Crippen molar-refractivity contribution >= 4 is 18.5 Å². The van der Waals surface area contributed by atoms with Gasteiger partial charge in [-0.2, -0.15) is 0 Å². The second kappa shape index (κ2) is 10.1. The average Bonchev–Trinajstić information content (AvgIpc) is 2.66. The van der Waals surface area contributed by atoms with Crippen molar-refractivity contribution in [1.82, 2.24) is 10.2 Å². The highest BCUT2D eigenvalue weighted by Crippen LogP contribution is 2.20. The van der Waals surface area contributed by atoms with E-state index < -0.39 is 18.3 Å². The summed E-state index contributed by atoms with van der Waals surface area (Å²) in [6, 6.07) is 18.7. The number of rotatable bonds is 5. The van der Waals surface area contributed by atoms with Crippen LogP contribution in [0.2, 0.25) is 0 Å². The molecule has 0 bridgehead atoms. The van der Waals surface area contributed by atoms with Crippen LogP contribution in [-0.4, -0.2) is 36.3 Å². The van der Waals surface area contributed by atoms with E-state index in [1.165, 1.54) is 4.90 Å². The molecule has 2 aromatic rings. The maximum absolute atomic E-state index is 14.4. The number of amides is 1. The largest absolute Gasteiger partial charge is 0.445 e. The highest BCUT2D eigenvalue weighted by molar-refractivity contribution is 5.85. The molecule has 2 aromatic carbocycles. The van der Waals surface area contributed by atoms with Crippen molar-refractivity contribution < 1.29 is 13.9 Å². The zero-order valence-corrected chi connectivity index (χ0v) is 15.3. The predicted octanol–water partition coefficient (Wildman–Crippen LogP) is 3.95. The van der Waals surface area contributed by atoms with Crippen LogP contribution in [0.5, 0.6) is 0 Å². The second-order valence-corrected chi connectivity index (χ2v) is 6.23. The Kier molecular flexibility index (Phi) is 7.88. The van der Waals surface area contributed by atoms with Gasteiger partial charge in [0.05, 0.1) is 6.04 Å². The molecule has 0 unspecified atom stereocenters. The van der Waals surface area contributed by atoms with Crippen molar-refractivity contribution in [2.75, 3.05) is 13.1 Å². The summed E-state index contributed by atoms with van der Waals surface area (Å²) in [6.07, 6.45) is -0.988. The van der Waals surface area contributed by atoms with Gasteiger partial charge < -0.3 is 10.1 Å². The standard InChI is InChI=1S/C20H23FN2O2.ClH/c21-18-13-22-12-11-19(18)23(14-16-7-3-1-4-8-16)20(24)25-15-17-9-5-2-6-10-17;/h1-10,18-19,22H,11-15H2;1H/t18-,19-;/m1./s1. The monoisotopic (exact) mass is 378 g/mol. The lowest BCUT2D eigenvalue weighted by molar-refractivity contribution is 0.0442. The molecule has 4 nitrogen and oxygen atoms in total. The second-order valence-electron chi connectivity index (χ2n) is 6.23. The summed E-state index contributed by atoms with van der Waals surface area (Å²) in [5.74, 6) is 0. The van der Waals surface area contributed by atoms with Crippen LogP contribution in [0.4, 0.5) is 9.18 Å².